The van der Waals surface area contributed by atoms with Crippen LogP contribution < -0.4 is 15.8 Å². The second-order valence-corrected chi connectivity index (χ2v) is 12.6. The molecule has 3 fully saturated rings. The second kappa shape index (κ2) is 10.3. The van der Waals surface area contributed by atoms with E-state index in [1.54, 1.807) is 7.11 Å². The standard InChI is InChI=1S/C32H39N7O4/c1-16(34-31(41)18(3)40)24-9-7-20-11-26(37(30(20)35-24)15-19-5-6-19)29-17(2)38-27(36-29)12-21(13-28(38)43-4)32(42)39-22-8-10-25(39)23(33)14-22/h7,9,11-13,16,18-19,22-23,25,40H,5-6,8,10,14-15,33H2,1-4H3,(H,34,41)/t16-,18-,22+,23-,25-/m1/s1. The highest BCUT2D eigenvalue weighted by atomic mass is 16.5. The maximum atomic E-state index is 13.7. The molecule has 11 nitrogen and oxygen atoms in total. The van der Waals surface area contributed by atoms with Crippen LogP contribution in [0.3, 0.4) is 0 Å². The molecule has 4 aromatic heterocycles. The number of aliphatic hydroxyl groups is 1. The van der Waals surface area contributed by atoms with Gasteiger partial charge in [-0.05, 0) is 83.1 Å². The number of fused-ring (bicyclic) bond motifs is 4. The van der Waals surface area contributed by atoms with Crippen molar-refractivity contribution < 1.29 is 19.4 Å². The maximum Gasteiger partial charge on any atom is 0.254 e. The number of aromatic nitrogens is 4. The minimum Gasteiger partial charge on any atom is -0.482 e. The molecule has 3 aliphatic rings. The van der Waals surface area contributed by atoms with E-state index in [2.05, 4.69) is 16.0 Å². The number of pyridine rings is 2. The summed E-state index contributed by atoms with van der Waals surface area (Å²) in [5.74, 6) is 0.682. The van der Waals surface area contributed by atoms with Crippen LogP contribution in [-0.2, 0) is 11.3 Å². The molecule has 4 aromatic rings. The summed E-state index contributed by atoms with van der Waals surface area (Å²) in [5, 5.41) is 13.5. The van der Waals surface area contributed by atoms with Crippen LogP contribution in [0.5, 0.6) is 5.88 Å². The molecule has 0 aromatic carbocycles. The van der Waals surface area contributed by atoms with Crippen LogP contribution in [0.15, 0.2) is 30.3 Å². The van der Waals surface area contributed by atoms with E-state index in [0.717, 1.165) is 59.6 Å². The molecular weight excluding hydrogens is 546 g/mol. The Morgan fingerprint density at radius 2 is 1.93 bits per heavy atom. The molecule has 0 unspecified atom stereocenters. The summed E-state index contributed by atoms with van der Waals surface area (Å²) >= 11 is 0. The number of carbonyl (C=O) groups is 2. The average Bonchev–Trinajstić information content (AvgIpc) is 3.31. The molecule has 226 valence electrons. The number of hydrogen-bond acceptors (Lipinski definition) is 7. The number of imidazole rings is 1. The summed E-state index contributed by atoms with van der Waals surface area (Å²) in [5.41, 5.74) is 11.8. The number of nitrogens with zero attached hydrogens (tertiary/aromatic N) is 5. The first-order chi connectivity index (χ1) is 20.6. The van der Waals surface area contributed by atoms with Gasteiger partial charge >= 0.3 is 0 Å². The second-order valence-electron chi connectivity index (χ2n) is 12.6. The van der Waals surface area contributed by atoms with E-state index in [-0.39, 0.29) is 30.1 Å². The van der Waals surface area contributed by atoms with Crippen molar-refractivity contribution in [3.63, 3.8) is 0 Å². The van der Waals surface area contributed by atoms with Crippen molar-refractivity contribution in [2.45, 2.75) is 89.7 Å². The van der Waals surface area contributed by atoms with Crippen LogP contribution in [0, 0.1) is 12.8 Å². The Balaban J connectivity index is 1.31. The molecule has 6 heterocycles. The van der Waals surface area contributed by atoms with Crippen LogP contribution >= 0.6 is 0 Å². The molecule has 2 aliphatic heterocycles. The van der Waals surface area contributed by atoms with Gasteiger partial charge in [-0.3, -0.25) is 14.0 Å². The SMILES string of the molecule is COc1cc(C(=O)N2[C@H]3CC[C@@H]2[C@H](N)C3)cc2nc(-c3cc4ccc([C@@H](C)NC(=O)[C@@H](C)O)nc4n3CC3CC3)c(C)n12. The van der Waals surface area contributed by atoms with E-state index in [9.17, 15) is 14.7 Å². The van der Waals surface area contributed by atoms with Gasteiger partial charge in [0.1, 0.15) is 23.1 Å². The normalized spacial score (nSPS) is 22.8. The van der Waals surface area contributed by atoms with Gasteiger partial charge in [0.25, 0.3) is 5.91 Å². The molecule has 0 spiro atoms. The number of amides is 2. The van der Waals surface area contributed by atoms with E-state index < -0.39 is 12.0 Å². The Hall–Kier alpha value is -3.96. The third kappa shape index (κ3) is 4.65. The predicted octanol–water partition coefficient (Wildman–Crippen LogP) is 3.34. The Kier molecular flexibility index (Phi) is 6.70. The fourth-order valence-electron chi connectivity index (χ4n) is 7.02. The number of rotatable bonds is 8. The molecule has 2 amide bonds. The molecule has 1 aliphatic carbocycles. The molecule has 5 atom stereocenters. The largest absolute Gasteiger partial charge is 0.482 e. The molecule has 0 radical (unpaired) electrons. The number of ether oxygens (including phenoxy) is 1. The van der Waals surface area contributed by atoms with Gasteiger partial charge in [0.05, 0.1) is 30.2 Å². The van der Waals surface area contributed by atoms with Gasteiger partial charge < -0.3 is 30.4 Å². The summed E-state index contributed by atoms with van der Waals surface area (Å²) in [6.45, 7) is 6.14. The van der Waals surface area contributed by atoms with Gasteiger partial charge in [-0.1, -0.05) is 0 Å². The number of nitrogens with two attached hydrogens (primary N) is 1. The zero-order valence-electron chi connectivity index (χ0n) is 25.1. The minimum atomic E-state index is -1.09. The van der Waals surface area contributed by atoms with E-state index in [1.807, 2.05) is 47.4 Å². The van der Waals surface area contributed by atoms with E-state index in [4.69, 9.17) is 20.4 Å². The number of hydrogen-bond donors (Lipinski definition) is 3. The molecule has 43 heavy (non-hydrogen) atoms. The molecule has 11 heteroatoms. The van der Waals surface area contributed by atoms with Gasteiger partial charge in [-0.15, -0.1) is 0 Å². The van der Waals surface area contributed by atoms with Crippen molar-refractivity contribution in [1.29, 1.82) is 0 Å². The molecule has 1 saturated carbocycles. The van der Waals surface area contributed by atoms with E-state index >= 15 is 0 Å². The highest BCUT2D eigenvalue weighted by Gasteiger charge is 2.47. The van der Waals surface area contributed by atoms with Crippen LogP contribution in [0.4, 0.5) is 0 Å². The van der Waals surface area contributed by atoms with Gasteiger partial charge in [-0.2, -0.15) is 0 Å². The number of nitrogens with one attached hydrogen (secondary N) is 1. The third-order valence-corrected chi connectivity index (χ3v) is 9.52. The maximum absolute atomic E-state index is 13.7. The highest BCUT2D eigenvalue weighted by Crippen LogP contribution is 2.40. The number of aryl methyl sites for hydroxylation is 1. The summed E-state index contributed by atoms with van der Waals surface area (Å²) in [4.78, 5) is 37.9. The van der Waals surface area contributed by atoms with Crippen LogP contribution in [0.2, 0.25) is 0 Å². The summed E-state index contributed by atoms with van der Waals surface area (Å²) in [7, 11) is 1.62. The van der Waals surface area contributed by atoms with Crippen molar-refractivity contribution in [3.8, 4) is 17.3 Å². The molecule has 2 bridgehead atoms. The summed E-state index contributed by atoms with van der Waals surface area (Å²) in [6, 6.07) is 9.69. The Morgan fingerprint density at radius 3 is 2.58 bits per heavy atom. The lowest BCUT2D eigenvalue weighted by atomic mass is 9.97. The van der Waals surface area contributed by atoms with Crippen LogP contribution in [0.1, 0.15) is 73.7 Å². The zero-order valence-corrected chi connectivity index (χ0v) is 25.1. The van der Waals surface area contributed by atoms with Crippen molar-refractivity contribution in [1.82, 2.24) is 29.2 Å². The lowest BCUT2D eigenvalue weighted by Crippen LogP contribution is -2.40. The highest BCUT2D eigenvalue weighted by molar-refractivity contribution is 5.97. The number of aliphatic hydroxyl groups excluding tert-OH is 1. The molecule has 2 saturated heterocycles. The number of carbonyl (C=O) groups excluding carboxylic acids is 2. The first-order valence-electron chi connectivity index (χ1n) is 15.3. The Bertz CT molecular complexity index is 1750. The fourth-order valence-corrected chi connectivity index (χ4v) is 7.02. The Labute approximate surface area is 250 Å². The number of methoxy groups -OCH3 is 1. The zero-order chi connectivity index (χ0) is 30.2. The average molecular weight is 586 g/mol. The van der Waals surface area contributed by atoms with Gasteiger partial charge in [0.2, 0.25) is 5.91 Å². The van der Waals surface area contributed by atoms with Crippen LogP contribution in [-0.4, -0.2) is 72.1 Å². The van der Waals surface area contributed by atoms with Gasteiger partial charge in [-0.25, -0.2) is 9.97 Å². The van der Waals surface area contributed by atoms with Crippen LogP contribution in [0.25, 0.3) is 28.1 Å². The first-order valence-corrected chi connectivity index (χ1v) is 15.3. The van der Waals surface area contributed by atoms with Crippen molar-refractivity contribution in [3.05, 3.63) is 47.3 Å². The third-order valence-electron chi connectivity index (χ3n) is 9.52. The molecule has 7 rings (SSSR count). The molecule has 4 N–H and O–H groups in total. The minimum absolute atomic E-state index is 0.0140. The van der Waals surface area contributed by atoms with Crippen molar-refractivity contribution in [2.75, 3.05) is 7.11 Å². The predicted molar refractivity (Wildman–Crippen MR) is 162 cm³/mol. The smallest absolute Gasteiger partial charge is 0.254 e. The van der Waals surface area contributed by atoms with E-state index in [1.165, 1.54) is 19.8 Å². The fraction of sp³-hybridized carbons (Fsp3) is 0.500. The topological polar surface area (TPSA) is 140 Å². The first kappa shape index (κ1) is 27.8. The van der Waals surface area contributed by atoms with Gasteiger partial charge in [0.15, 0.2) is 5.88 Å². The quantitative estimate of drug-likeness (QED) is 0.288. The Morgan fingerprint density at radius 1 is 1.14 bits per heavy atom. The van der Waals surface area contributed by atoms with Gasteiger partial charge in [0, 0.05) is 41.7 Å². The lowest BCUT2D eigenvalue weighted by Gasteiger charge is -2.23. The summed E-state index contributed by atoms with van der Waals surface area (Å²) in [6.07, 6.45) is 4.07. The van der Waals surface area contributed by atoms with E-state index in [0.29, 0.717) is 23.0 Å². The van der Waals surface area contributed by atoms with Crippen molar-refractivity contribution in [2.24, 2.45) is 11.7 Å². The van der Waals surface area contributed by atoms with Crippen molar-refractivity contribution >= 4 is 28.5 Å². The molecular formula is C32H39N7O4. The lowest BCUT2D eigenvalue weighted by molar-refractivity contribution is -0.129. The summed E-state index contributed by atoms with van der Waals surface area (Å²) < 4.78 is 10.0. The monoisotopic (exact) mass is 585 g/mol.